The normalized spacial score (nSPS) is 37.4. The van der Waals surface area contributed by atoms with Crippen LogP contribution >= 0.6 is 0 Å². The lowest BCUT2D eigenvalue weighted by atomic mass is 10.4. The van der Waals surface area contributed by atoms with Gasteiger partial charge in [-0.1, -0.05) is 34.6 Å². The molecule has 0 bridgehead atoms. The predicted molar refractivity (Wildman–Crippen MR) is 49.7 cm³/mol. The summed E-state index contributed by atoms with van der Waals surface area (Å²) in [6, 6.07) is 0. The van der Waals surface area contributed by atoms with Crippen molar-refractivity contribution in [3.63, 3.8) is 0 Å². The van der Waals surface area contributed by atoms with Gasteiger partial charge in [0.1, 0.15) is 0 Å². The minimum Gasteiger partial charge on any atom is -0.381 e. The summed E-state index contributed by atoms with van der Waals surface area (Å²) < 4.78 is 5.18. The molecule has 1 saturated heterocycles. The molecule has 1 aliphatic heterocycles. The first-order valence-corrected chi connectivity index (χ1v) is 4.97. The highest BCUT2D eigenvalue weighted by Crippen LogP contribution is 2.49. The van der Waals surface area contributed by atoms with E-state index in [0.29, 0.717) is 0 Å². The van der Waals surface area contributed by atoms with E-state index >= 15 is 0 Å². The van der Waals surface area contributed by atoms with Crippen LogP contribution in [0.3, 0.4) is 0 Å². The van der Waals surface area contributed by atoms with Crippen molar-refractivity contribution in [1.82, 2.24) is 0 Å². The molecule has 1 heteroatoms. The van der Waals surface area contributed by atoms with E-state index in [1.807, 2.05) is 27.7 Å². The molecule has 2 fully saturated rings. The number of hydrogen-bond donors (Lipinski definition) is 0. The minimum atomic E-state index is 0.958. The zero-order valence-corrected chi connectivity index (χ0v) is 8.55. The number of ether oxygens (including phenoxy) is 1. The zero-order chi connectivity index (χ0) is 8.85. The van der Waals surface area contributed by atoms with Crippen LogP contribution in [0.4, 0.5) is 0 Å². The average Bonchev–Trinajstić information content (AvgIpc) is 2.60. The third-order valence-corrected chi connectivity index (χ3v) is 2.38. The summed E-state index contributed by atoms with van der Waals surface area (Å²) in [6.45, 7) is 12.4. The van der Waals surface area contributed by atoms with Crippen molar-refractivity contribution in [2.45, 2.75) is 34.6 Å². The second kappa shape index (κ2) is 5.59. The largest absolute Gasteiger partial charge is 0.381 e. The van der Waals surface area contributed by atoms with Crippen molar-refractivity contribution in [3.8, 4) is 0 Å². The van der Waals surface area contributed by atoms with Crippen LogP contribution in [0.5, 0.6) is 0 Å². The summed E-state index contributed by atoms with van der Waals surface area (Å²) in [7, 11) is 0. The van der Waals surface area contributed by atoms with Gasteiger partial charge in [-0.05, 0) is 17.8 Å². The molecule has 1 saturated carbocycles. The van der Waals surface area contributed by atoms with Crippen molar-refractivity contribution in [2.75, 3.05) is 13.2 Å². The van der Waals surface area contributed by atoms with Crippen LogP contribution < -0.4 is 0 Å². The number of fused-ring (bicyclic) bond motifs is 1. The van der Waals surface area contributed by atoms with Gasteiger partial charge in [-0.25, -0.2) is 0 Å². The van der Waals surface area contributed by atoms with Gasteiger partial charge in [-0.15, -0.1) is 0 Å². The van der Waals surface area contributed by atoms with E-state index in [1.54, 1.807) is 0 Å². The summed E-state index contributed by atoms with van der Waals surface area (Å²) >= 11 is 0. The Morgan fingerprint density at radius 3 is 1.45 bits per heavy atom. The van der Waals surface area contributed by atoms with Gasteiger partial charge in [0.25, 0.3) is 0 Å². The minimum absolute atomic E-state index is 0.958. The van der Waals surface area contributed by atoms with E-state index in [2.05, 4.69) is 6.92 Å². The molecule has 0 aromatic carbocycles. The Balaban J connectivity index is 0.000000222. The van der Waals surface area contributed by atoms with Crippen molar-refractivity contribution in [3.05, 3.63) is 0 Å². The molecular weight excluding hydrogens is 136 g/mol. The summed E-state index contributed by atoms with van der Waals surface area (Å²) in [5.74, 6) is 2.91. The molecule has 2 unspecified atom stereocenters. The first-order chi connectivity index (χ1) is 5.39. The number of hydrogen-bond acceptors (Lipinski definition) is 1. The molecule has 1 aliphatic carbocycles. The second-order valence-corrected chi connectivity index (χ2v) is 2.72. The molecule has 2 aliphatic rings. The average molecular weight is 158 g/mol. The van der Waals surface area contributed by atoms with Crippen LogP contribution in [0.2, 0.25) is 0 Å². The molecular formula is C10H22O. The standard InChI is InChI=1S/C6H10O.2C2H6/c1-4-5-2-7-3-6(4)5;2*1-2/h4-6H,2-3H2,1H3;2*1-2H3. The van der Waals surface area contributed by atoms with Gasteiger partial charge in [0.05, 0.1) is 13.2 Å². The van der Waals surface area contributed by atoms with Crippen LogP contribution in [0, 0.1) is 17.8 Å². The SMILES string of the molecule is CC.CC.CC1C2COCC12. The molecule has 0 amide bonds. The monoisotopic (exact) mass is 158 g/mol. The van der Waals surface area contributed by atoms with E-state index in [4.69, 9.17) is 4.74 Å². The third-order valence-electron chi connectivity index (χ3n) is 2.38. The fraction of sp³-hybridized carbons (Fsp3) is 1.00. The highest BCUT2D eigenvalue weighted by atomic mass is 16.5. The lowest BCUT2D eigenvalue weighted by Gasteiger charge is -1.93. The van der Waals surface area contributed by atoms with E-state index in [-0.39, 0.29) is 0 Å². The van der Waals surface area contributed by atoms with Gasteiger partial charge in [0.2, 0.25) is 0 Å². The molecule has 1 nitrogen and oxygen atoms in total. The predicted octanol–water partition coefficient (Wildman–Crippen LogP) is 2.95. The Bertz CT molecular complexity index is 80.9. The van der Waals surface area contributed by atoms with Crippen molar-refractivity contribution >= 4 is 0 Å². The molecule has 0 aromatic heterocycles. The second-order valence-electron chi connectivity index (χ2n) is 2.72. The summed E-state index contributed by atoms with van der Waals surface area (Å²) in [5, 5.41) is 0. The molecule has 0 aromatic rings. The Kier molecular flexibility index (Phi) is 5.57. The van der Waals surface area contributed by atoms with E-state index < -0.39 is 0 Å². The van der Waals surface area contributed by atoms with Gasteiger partial charge in [-0.3, -0.25) is 0 Å². The fourth-order valence-corrected chi connectivity index (χ4v) is 1.53. The highest BCUT2D eigenvalue weighted by Gasteiger charge is 2.50. The molecule has 11 heavy (non-hydrogen) atoms. The lowest BCUT2D eigenvalue weighted by Crippen LogP contribution is -1.93. The highest BCUT2D eigenvalue weighted by molar-refractivity contribution is 4.97. The van der Waals surface area contributed by atoms with Gasteiger partial charge < -0.3 is 4.74 Å². The lowest BCUT2D eigenvalue weighted by molar-refractivity contribution is 0.154. The van der Waals surface area contributed by atoms with E-state index in [1.165, 1.54) is 0 Å². The van der Waals surface area contributed by atoms with Gasteiger partial charge in [0.15, 0.2) is 0 Å². The Morgan fingerprint density at radius 1 is 0.909 bits per heavy atom. The Morgan fingerprint density at radius 2 is 1.27 bits per heavy atom. The molecule has 1 heterocycles. The van der Waals surface area contributed by atoms with Gasteiger partial charge in [-0.2, -0.15) is 0 Å². The molecule has 2 rings (SSSR count). The quantitative estimate of drug-likeness (QED) is 0.526. The summed E-state index contributed by atoms with van der Waals surface area (Å²) in [5.41, 5.74) is 0. The third kappa shape index (κ3) is 2.48. The van der Waals surface area contributed by atoms with Gasteiger partial charge >= 0.3 is 0 Å². The molecule has 0 radical (unpaired) electrons. The van der Waals surface area contributed by atoms with E-state index in [9.17, 15) is 0 Å². The van der Waals surface area contributed by atoms with E-state index in [0.717, 1.165) is 31.0 Å². The summed E-state index contributed by atoms with van der Waals surface area (Å²) in [4.78, 5) is 0. The first kappa shape index (κ1) is 11.0. The molecule has 68 valence electrons. The topological polar surface area (TPSA) is 9.23 Å². The number of rotatable bonds is 0. The maximum atomic E-state index is 5.18. The van der Waals surface area contributed by atoms with Crippen LogP contribution in [-0.4, -0.2) is 13.2 Å². The zero-order valence-electron chi connectivity index (χ0n) is 8.55. The molecule has 0 N–H and O–H groups in total. The van der Waals surface area contributed by atoms with Crippen molar-refractivity contribution < 1.29 is 4.74 Å². The van der Waals surface area contributed by atoms with Crippen LogP contribution in [0.1, 0.15) is 34.6 Å². The van der Waals surface area contributed by atoms with Crippen molar-refractivity contribution in [1.29, 1.82) is 0 Å². The maximum Gasteiger partial charge on any atom is 0.0500 e. The van der Waals surface area contributed by atoms with Crippen LogP contribution in [0.25, 0.3) is 0 Å². The maximum absolute atomic E-state index is 5.18. The first-order valence-electron chi connectivity index (χ1n) is 4.97. The smallest absolute Gasteiger partial charge is 0.0500 e. The van der Waals surface area contributed by atoms with Crippen LogP contribution in [-0.2, 0) is 4.74 Å². The molecule has 0 spiro atoms. The fourth-order valence-electron chi connectivity index (χ4n) is 1.53. The Labute approximate surface area is 71.1 Å². The molecule has 2 atom stereocenters. The summed E-state index contributed by atoms with van der Waals surface area (Å²) in [6.07, 6.45) is 0. The Hall–Kier alpha value is -0.0400. The van der Waals surface area contributed by atoms with Gasteiger partial charge in [0, 0.05) is 0 Å². The van der Waals surface area contributed by atoms with Crippen LogP contribution in [0.15, 0.2) is 0 Å². The van der Waals surface area contributed by atoms with Crippen molar-refractivity contribution in [2.24, 2.45) is 17.8 Å².